The lowest BCUT2D eigenvalue weighted by molar-refractivity contribution is -0.504. The Morgan fingerprint density at radius 1 is 1.15 bits per heavy atom. The third kappa shape index (κ3) is 5.09. The van der Waals surface area contributed by atoms with E-state index >= 15 is 0 Å². The maximum absolute atomic E-state index is 12.7. The summed E-state index contributed by atoms with van der Waals surface area (Å²) in [7, 11) is -3.67. The molecule has 0 heterocycles. The molecule has 0 radical (unpaired) electrons. The van der Waals surface area contributed by atoms with E-state index in [1.54, 1.807) is 48.5 Å². The zero-order chi connectivity index (χ0) is 19.4. The number of hydrogen-bond donors (Lipinski definition) is 1. The average Bonchev–Trinajstić information content (AvgIpc) is 2.62. The molecule has 2 aromatic rings. The molecular formula is C20H23ClN2O3S. The van der Waals surface area contributed by atoms with Gasteiger partial charge in [-0.15, -0.1) is 0 Å². The third-order valence-electron chi connectivity index (χ3n) is 4.82. The molecule has 27 heavy (non-hydrogen) atoms. The molecule has 1 saturated carbocycles. The van der Waals surface area contributed by atoms with Gasteiger partial charge in [-0.05, 0) is 50.1 Å². The Morgan fingerprint density at radius 3 is 2.56 bits per heavy atom. The molecule has 2 atom stereocenters. The van der Waals surface area contributed by atoms with Crippen LogP contribution in [-0.4, -0.2) is 31.5 Å². The molecule has 0 saturated heterocycles. The fourth-order valence-corrected chi connectivity index (χ4v) is 4.87. The summed E-state index contributed by atoms with van der Waals surface area (Å²) in [4.78, 5) is 0.216. The highest BCUT2D eigenvalue weighted by molar-refractivity contribution is 7.89. The van der Waals surface area contributed by atoms with Gasteiger partial charge in [-0.25, -0.2) is 17.9 Å². The van der Waals surface area contributed by atoms with Crippen LogP contribution < -0.4 is 4.72 Å². The minimum atomic E-state index is -3.67. The van der Waals surface area contributed by atoms with Crippen molar-refractivity contribution in [1.29, 1.82) is 0 Å². The Balaban J connectivity index is 1.81. The predicted octanol–water partition coefficient (Wildman–Crippen LogP) is 3.87. The summed E-state index contributed by atoms with van der Waals surface area (Å²) in [5.74, 6) is 0. The van der Waals surface area contributed by atoms with Crippen LogP contribution in [0.4, 0.5) is 0 Å². The second kappa shape index (κ2) is 8.42. The van der Waals surface area contributed by atoms with E-state index in [0.29, 0.717) is 23.4 Å². The monoisotopic (exact) mass is 406 g/mol. The number of hydrogen-bond acceptors (Lipinski definition) is 3. The molecule has 0 bridgehead atoms. The van der Waals surface area contributed by atoms with E-state index in [9.17, 15) is 13.6 Å². The lowest BCUT2D eigenvalue weighted by atomic mass is 9.91. The Bertz CT molecular complexity index is 926. The van der Waals surface area contributed by atoms with Crippen molar-refractivity contribution in [3.8, 4) is 0 Å². The highest BCUT2D eigenvalue weighted by atomic mass is 35.5. The van der Waals surface area contributed by atoms with Crippen molar-refractivity contribution in [2.75, 3.05) is 0 Å². The number of nitrogens with one attached hydrogen (secondary N) is 1. The van der Waals surface area contributed by atoms with Gasteiger partial charge in [0.25, 0.3) is 0 Å². The SMILES string of the molecule is Cc1ccc(S(=O)(=O)N[C@@H]2CCCC[C@H]2/[N+]([O-])=C/c2cccc(Cl)c2)cc1. The van der Waals surface area contributed by atoms with Crippen LogP contribution in [0, 0.1) is 12.1 Å². The Hall–Kier alpha value is -1.89. The maximum Gasteiger partial charge on any atom is 0.241 e. The molecule has 0 spiro atoms. The summed E-state index contributed by atoms with van der Waals surface area (Å²) >= 11 is 5.98. The van der Waals surface area contributed by atoms with E-state index in [1.165, 1.54) is 6.21 Å². The predicted molar refractivity (Wildman–Crippen MR) is 108 cm³/mol. The number of nitrogens with zero attached hydrogens (tertiary/aromatic N) is 1. The molecule has 0 unspecified atom stereocenters. The van der Waals surface area contributed by atoms with Crippen LogP contribution in [0.5, 0.6) is 0 Å². The van der Waals surface area contributed by atoms with Gasteiger partial charge in [-0.3, -0.25) is 0 Å². The van der Waals surface area contributed by atoms with Crippen molar-refractivity contribution in [2.24, 2.45) is 0 Å². The molecule has 0 aromatic heterocycles. The second-order valence-electron chi connectivity index (χ2n) is 6.94. The maximum atomic E-state index is 12.7. The Kier molecular flexibility index (Phi) is 6.19. The average molecular weight is 407 g/mol. The summed E-state index contributed by atoms with van der Waals surface area (Å²) in [6.07, 6.45) is 4.55. The number of benzene rings is 2. The fraction of sp³-hybridized carbons (Fsp3) is 0.350. The molecule has 144 valence electrons. The molecular weight excluding hydrogens is 384 g/mol. The Morgan fingerprint density at radius 2 is 1.85 bits per heavy atom. The van der Waals surface area contributed by atoms with Crippen LogP contribution in [0.25, 0.3) is 0 Å². The van der Waals surface area contributed by atoms with Gasteiger partial charge in [0.1, 0.15) is 0 Å². The van der Waals surface area contributed by atoms with Crippen molar-refractivity contribution in [3.63, 3.8) is 0 Å². The van der Waals surface area contributed by atoms with Crippen LogP contribution in [-0.2, 0) is 10.0 Å². The Labute approximate surface area is 165 Å². The van der Waals surface area contributed by atoms with Gasteiger partial charge >= 0.3 is 0 Å². The zero-order valence-electron chi connectivity index (χ0n) is 15.1. The van der Waals surface area contributed by atoms with E-state index < -0.39 is 22.1 Å². The van der Waals surface area contributed by atoms with Gasteiger partial charge in [0.2, 0.25) is 10.0 Å². The minimum absolute atomic E-state index is 0.216. The first-order valence-electron chi connectivity index (χ1n) is 9.00. The topological polar surface area (TPSA) is 72.2 Å². The lowest BCUT2D eigenvalue weighted by Crippen LogP contribution is -2.49. The molecule has 1 fully saturated rings. The first kappa shape index (κ1) is 19.9. The molecule has 7 heteroatoms. The smallest absolute Gasteiger partial charge is 0.241 e. The van der Waals surface area contributed by atoms with Crippen molar-refractivity contribution >= 4 is 27.8 Å². The molecule has 0 aliphatic heterocycles. The number of rotatable bonds is 5. The fourth-order valence-electron chi connectivity index (χ4n) is 3.37. The molecule has 0 amide bonds. The summed E-state index contributed by atoms with van der Waals surface area (Å²) in [6, 6.07) is 12.8. The van der Waals surface area contributed by atoms with Crippen molar-refractivity contribution < 1.29 is 13.2 Å². The van der Waals surface area contributed by atoms with Gasteiger partial charge in [0, 0.05) is 17.0 Å². The normalized spacial score (nSPS) is 21.2. The quantitative estimate of drug-likeness (QED) is 0.354. The second-order valence-corrected chi connectivity index (χ2v) is 9.09. The summed E-state index contributed by atoms with van der Waals surface area (Å²) in [5.41, 5.74) is 1.69. The number of aryl methyl sites for hydroxylation is 1. The summed E-state index contributed by atoms with van der Waals surface area (Å²) < 4.78 is 29.1. The van der Waals surface area contributed by atoms with E-state index in [2.05, 4.69) is 4.72 Å². The molecule has 1 N–H and O–H groups in total. The molecule has 3 rings (SSSR count). The van der Waals surface area contributed by atoms with Gasteiger partial charge < -0.3 is 5.21 Å². The number of halogens is 1. The standard InChI is InChI=1S/C20H23ClN2O3S/c1-15-9-11-18(12-10-15)27(25,26)22-19-7-2-3-8-20(19)23(24)14-16-5-4-6-17(21)13-16/h4-6,9-14,19-20,22H,2-3,7-8H2,1H3/b23-14-/t19-,20-/m1/s1. The minimum Gasteiger partial charge on any atom is -0.624 e. The third-order valence-corrected chi connectivity index (χ3v) is 6.56. The molecule has 1 aliphatic carbocycles. The van der Waals surface area contributed by atoms with Crippen LogP contribution in [0.3, 0.4) is 0 Å². The highest BCUT2D eigenvalue weighted by Gasteiger charge is 2.34. The van der Waals surface area contributed by atoms with Crippen LogP contribution in [0.1, 0.15) is 36.8 Å². The lowest BCUT2D eigenvalue weighted by Gasteiger charge is -2.30. The van der Waals surface area contributed by atoms with Crippen molar-refractivity contribution in [2.45, 2.75) is 49.6 Å². The summed E-state index contributed by atoms with van der Waals surface area (Å²) in [6.45, 7) is 1.90. The van der Waals surface area contributed by atoms with E-state index in [-0.39, 0.29) is 4.90 Å². The van der Waals surface area contributed by atoms with Gasteiger partial charge in [-0.2, -0.15) is 0 Å². The zero-order valence-corrected chi connectivity index (χ0v) is 16.7. The molecule has 2 aromatic carbocycles. The van der Waals surface area contributed by atoms with Gasteiger partial charge in [-0.1, -0.05) is 41.8 Å². The number of sulfonamides is 1. The first-order chi connectivity index (χ1) is 12.8. The van der Waals surface area contributed by atoms with Crippen LogP contribution in [0.15, 0.2) is 53.4 Å². The molecule has 5 nitrogen and oxygen atoms in total. The van der Waals surface area contributed by atoms with Gasteiger partial charge in [0.05, 0.1) is 10.9 Å². The molecule has 1 aliphatic rings. The van der Waals surface area contributed by atoms with Crippen molar-refractivity contribution in [1.82, 2.24) is 4.72 Å². The first-order valence-corrected chi connectivity index (χ1v) is 10.9. The summed E-state index contributed by atoms with van der Waals surface area (Å²) in [5, 5.41) is 13.3. The van der Waals surface area contributed by atoms with E-state index in [4.69, 9.17) is 11.6 Å². The highest BCUT2D eigenvalue weighted by Crippen LogP contribution is 2.23. The van der Waals surface area contributed by atoms with Crippen molar-refractivity contribution in [3.05, 3.63) is 69.9 Å². The largest absolute Gasteiger partial charge is 0.624 e. The van der Waals surface area contributed by atoms with Crippen LogP contribution in [0.2, 0.25) is 5.02 Å². The van der Waals surface area contributed by atoms with Gasteiger partial charge in [0.15, 0.2) is 12.3 Å². The van der Waals surface area contributed by atoms with E-state index in [0.717, 1.165) is 23.1 Å². The van der Waals surface area contributed by atoms with Crippen LogP contribution >= 0.6 is 11.6 Å². The van der Waals surface area contributed by atoms with E-state index in [1.807, 2.05) is 6.92 Å². The number of hydroxylamine groups is 1.